The van der Waals surface area contributed by atoms with Gasteiger partial charge in [-0.05, 0) is 29.3 Å². The third kappa shape index (κ3) is 4.19. The summed E-state index contributed by atoms with van der Waals surface area (Å²) in [5.74, 6) is 0. The van der Waals surface area contributed by atoms with Crippen molar-refractivity contribution in [3.63, 3.8) is 0 Å². The van der Waals surface area contributed by atoms with Crippen molar-refractivity contribution in [1.29, 1.82) is 0 Å². The SMILES string of the molecule is O[C@H](/C=C(\c1ccccc1)C(F)(F)F)c1ccc(Br)cc1. The van der Waals surface area contributed by atoms with Gasteiger partial charge in [0, 0.05) is 4.47 Å². The fourth-order valence-electron chi connectivity index (χ4n) is 1.89. The van der Waals surface area contributed by atoms with Crippen molar-refractivity contribution in [1.82, 2.24) is 0 Å². The number of benzene rings is 2. The summed E-state index contributed by atoms with van der Waals surface area (Å²) < 4.78 is 40.3. The zero-order valence-corrected chi connectivity index (χ0v) is 12.4. The summed E-state index contributed by atoms with van der Waals surface area (Å²) in [4.78, 5) is 0. The van der Waals surface area contributed by atoms with Crippen LogP contribution in [0.1, 0.15) is 17.2 Å². The minimum absolute atomic E-state index is 0.0289. The maximum atomic E-state index is 13.2. The van der Waals surface area contributed by atoms with Gasteiger partial charge >= 0.3 is 6.18 Å². The molecule has 0 amide bonds. The van der Waals surface area contributed by atoms with Crippen LogP contribution in [0.2, 0.25) is 0 Å². The van der Waals surface area contributed by atoms with Gasteiger partial charge < -0.3 is 5.11 Å². The summed E-state index contributed by atoms with van der Waals surface area (Å²) >= 11 is 3.24. The highest BCUT2D eigenvalue weighted by Crippen LogP contribution is 2.35. The second-order valence-corrected chi connectivity index (χ2v) is 5.36. The highest BCUT2D eigenvalue weighted by atomic mass is 79.9. The fraction of sp³-hybridized carbons (Fsp3) is 0.125. The topological polar surface area (TPSA) is 20.2 Å². The van der Waals surface area contributed by atoms with Gasteiger partial charge in [0.15, 0.2) is 0 Å². The molecule has 0 unspecified atom stereocenters. The first-order chi connectivity index (χ1) is 9.88. The van der Waals surface area contributed by atoms with E-state index in [1.807, 2.05) is 0 Å². The fourth-order valence-corrected chi connectivity index (χ4v) is 2.15. The Labute approximate surface area is 128 Å². The molecule has 1 N–H and O–H groups in total. The van der Waals surface area contributed by atoms with E-state index >= 15 is 0 Å². The van der Waals surface area contributed by atoms with Crippen LogP contribution in [0.4, 0.5) is 13.2 Å². The van der Waals surface area contributed by atoms with E-state index in [-0.39, 0.29) is 5.56 Å². The summed E-state index contributed by atoms with van der Waals surface area (Å²) in [6.07, 6.45) is -5.02. The molecule has 1 atom stereocenters. The molecule has 2 rings (SSSR count). The van der Waals surface area contributed by atoms with Gasteiger partial charge in [-0.1, -0.05) is 58.4 Å². The van der Waals surface area contributed by atoms with E-state index in [2.05, 4.69) is 15.9 Å². The van der Waals surface area contributed by atoms with E-state index in [4.69, 9.17) is 0 Å². The molecule has 0 fully saturated rings. The quantitative estimate of drug-likeness (QED) is 0.808. The van der Waals surface area contributed by atoms with E-state index in [0.717, 1.165) is 10.5 Å². The number of aliphatic hydroxyl groups excluding tert-OH is 1. The number of halogens is 4. The third-order valence-electron chi connectivity index (χ3n) is 2.93. The van der Waals surface area contributed by atoms with E-state index in [9.17, 15) is 18.3 Å². The summed E-state index contributed by atoms with van der Waals surface area (Å²) in [6, 6.07) is 13.9. The molecule has 0 spiro atoms. The van der Waals surface area contributed by atoms with Crippen LogP contribution in [0.25, 0.3) is 5.57 Å². The lowest BCUT2D eigenvalue weighted by Crippen LogP contribution is -2.12. The molecular formula is C16H12BrF3O. The maximum absolute atomic E-state index is 13.2. The Hall–Kier alpha value is -1.59. The molecule has 110 valence electrons. The lowest BCUT2D eigenvalue weighted by Gasteiger charge is -2.15. The first kappa shape index (κ1) is 15.8. The van der Waals surface area contributed by atoms with Gasteiger partial charge in [-0.25, -0.2) is 0 Å². The van der Waals surface area contributed by atoms with Crippen molar-refractivity contribution in [2.45, 2.75) is 12.3 Å². The predicted molar refractivity (Wildman–Crippen MR) is 79.6 cm³/mol. The van der Waals surface area contributed by atoms with Crippen molar-refractivity contribution in [3.05, 3.63) is 76.3 Å². The van der Waals surface area contributed by atoms with Gasteiger partial charge in [0.25, 0.3) is 0 Å². The lowest BCUT2D eigenvalue weighted by molar-refractivity contribution is -0.0695. The van der Waals surface area contributed by atoms with Crippen molar-refractivity contribution >= 4 is 21.5 Å². The lowest BCUT2D eigenvalue weighted by atomic mass is 10.0. The van der Waals surface area contributed by atoms with Crippen LogP contribution in [-0.2, 0) is 0 Å². The Bertz CT molecular complexity index is 618. The standard InChI is InChI=1S/C16H12BrF3O/c17-13-8-6-12(7-9-13)15(21)10-14(16(18,19)20)11-4-2-1-3-5-11/h1-10,15,21H/b14-10+/t15-/m1/s1. The van der Waals surface area contributed by atoms with Gasteiger partial charge in [0.05, 0.1) is 11.7 Å². The van der Waals surface area contributed by atoms with Crippen LogP contribution in [0.15, 0.2) is 65.1 Å². The molecule has 0 radical (unpaired) electrons. The minimum atomic E-state index is -4.53. The molecule has 21 heavy (non-hydrogen) atoms. The molecular weight excluding hydrogens is 345 g/mol. The highest BCUT2D eigenvalue weighted by molar-refractivity contribution is 9.10. The zero-order valence-electron chi connectivity index (χ0n) is 10.8. The van der Waals surface area contributed by atoms with Crippen LogP contribution >= 0.6 is 15.9 Å². The zero-order chi connectivity index (χ0) is 15.5. The summed E-state index contributed by atoms with van der Waals surface area (Å²) in [7, 11) is 0. The number of hydrogen-bond acceptors (Lipinski definition) is 1. The van der Waals surface area contributed by atoms with E-state index in [1.54, 1.807) is 30.3 Å². The average molecular weight is 357 g/mol. The van der Waals surface area contributed by atoms with E-state index < -0.39 is 17.9 Å². The average Bonchev–Trinajstić information content (AvgIpc) is 2.45. The van der Waals surface area contributed by atoms with E-state index in [0.29, 0.717) is 5.56 Å². The summed E-state index contributed by atoms with van der Waals surface area (Å²) in [5.41, 5.74) is -0.421. The maximum Gasteiger partial charge on any atom is 0.416 e. The van der Waals surface area contributed by atoms with E-state index in [1.165, 1.54) is 24.3 Å². The highest BCUT2D eigenvalue weighted by Gasteiger charge is 2.35. The molecule has 0 saturated heterocycles. The van der Waals surface area contributed by atoms with Crippen molar-refractivity contribution in [2.24, 2.45) is 0 Å². The Kier molecular flexibility index (Phi) is 4.85. The molecule has 0 heterocycles. The molecule has 2 aromatic carbocycles. The second kappa shape index (κ2) is 6.45. The Balaban J connectivity index is 2.39. The van der Waals surface area contributed by atoms with Gasteiger partial charge in [0.2, 0.25) is 0 Å². The Morgan fingerprint density at radius 3 is 2.10 bits per heavy atom. The number of allylic oxidation sites excluding steroid dienone is 1. The van der Waals surface area contributed by atoms with Gasteiger partial charge in [0.1, 0.15) is 0 Å². The van der Waals surface area contributed by atoms with Crippen LogP contribution in [-0.4, -0.2) is 11.3 Å². The molecule has 0 aliphatic rings. The Morgan fingerprint density at radius 1 is 1.00 bits per heavy atom. The smallest absolute Gasteiger partial charge is 0.384 e. The largest absolute Gasteiger partial charge is 0.416 e. The Morgan fingerprint density at radius 2 is 1.57 bits per heavy atom. The minimum Gasteiger partial charge on any atom is -0.384 e. The van der Waals surface area contributed by atoms with Crippen molar-refractivity contribution in [2.75, 3.05) is 0 Å². The molecule has 2 aromatic rings. The molecule has 0 aromatic heterocycles. The normalized spacial score (nSPS) is 14.0. The predicted octanol–water partition coefficient (Wildman–Crippen LogP) is 5.13. The molecule has 0 aliphatic heterocycles. The van der Waals surface area contributed by atoms with Crippen LogP contribution in [0.3, 0.4) is 0 Å². The van der Waals surface area contributed by atoms with Crippen molar-refractivity contribution in [3.8, 4) is 0 Å². The number of alkyl halides is 3. The van der Waals surface area contributed by atoms with Crippen molar-refractivity contribution < 1.29 is 18.3 Å². The van der Waals surface area contributed by atoms with Gasteiger partial charge in [-0.2, -0.15) is 13.2 Å². The molecule has 5 heteroatoms. The van der Waals surface area contributed by atoms with Crippen LogP contribution in [0, 0.1) is 0 Å². The molecule has 1 nitrogen and oxygen atoms in total. The first-order valence-corrected chi connectivity index (χ1v) is 6.95. The molecule has 0 aliphatic carbocycles. The monoisotopic (exact) mass is 356 g/mol. The molecule has 0 saturated carbocycles. The number of hydrogen-bond donors (Lipinski definition) is 1. The van der Waals surface area contributed by atoms with Gasteiger partial charge in [-0.15, -0.1) is 0 Å². The summed E-state index contributed by atoms with van der Waals surface area (Å²) in [5, 5.41) is 10.0. The number of aliphatic hydroxyl groups is 1. The van der Waals surface area contributed by atoms with Crippen LogP contribution in [0.5, 0.6) is 0 Å². The summed E-state index contributed by atoms with van der Waals surface area (Å²) in [6.45, 7) is 0. The second-order valence-electron chi connectivity index (χ2n) is 4.44. The third-order valence-corrected chi connectivity index (χ3v) is 3.45. The molecule has 0 bridgehead atoms. The van der Waals surface area contributed by atoms with Gasteiger partial charge in [-0.3, -0.25) is 0 Å². The first-order valence-electron chi connectivity index (χ1n) is 6.16. The van der Waals surface area contributed by atoms with Crippen LogP contribution < -0.4 is 0 Å². The number of rotatable bonds is 3.